The van der Waals surface area contributed by atoms with E-state index in [0.717, 1.165) is 46.7 Å². The molecule has 2 aromatic carbocycles. The van der Waals surface area contributed by atoms with Gasteiger partial charge < -0.3 is 15.4 Å². The molecule has 3 heterocycles. The molecule has 4 aromatic rings. The number of carbonyl (C=O) groups is 1. The Bertz CT molecular complexity index is 1780. The maximum Gasteiger partial charge on any atom is 0.235 e. The monoisotopic (exact) mass is 540 g/mol. The van der Waals surface area contributed by atoms with Gasteiger partial charge in [-0.1, -0.05) is 25.8 Å². The van der Waals surface area contributed by atoms with Crippen molar-refractivity contribution in [3.05, 3.63) is 77.7 Å². The van der Waals surface area contributed by atoms with Crippen LogP contribution in [0, 0.1) is 11.8 Å². The highest BCUT2D eigenvalue weighted by molar-refractivity contribution is 7.90. The van der Waals surface area contributed by atoms with E-state index in [1.165, 1.54) is 19.2 Å². The van der Waals surface area contributed by atoms with Crippen molar-refractivity contribution >= 4 is 43.7 Å². The van der Waals surface area contributed by atoms with Crippen LogP contribution < -0.4 is 15.4 Å². The van der Waals surface area contributed by atoms with Crippen LogP contribution in [-0.2, 0) is 20.0 Å². The molecule has 1 aliphatic rings. The van der Waals surface area contributed by atoms with E-state index in [9.17, 15) is 13.2 Å². The van der Waals surface area contributed by atoms with Crippen molar-refractivity contribution in [1.82, 2.24) is 9.97 Å². The average molecular weight is 541 g/mol. The molecule has 1 amide bonds. The summed E-state index contributed by atoms with van der Waals surface area (Å²) >= 11 is 0. The zero-order valence-electron chi connectivity index (χ0n) is 22.1. The van der Waals surface area contributed by atoms with Crippen molar-refractivity contribution < 1.29 is 17.9 Å². The minimum atomic E-state index is -3.37. The van der Waals surface area contributed by atoms with E-state index in [1.807, 2.05) is 44.2 Å². The first-order valence-electron chi connectivity index (χ1n) is 12.6. The molecule has 0 bridgehead atoms. The summed E-state index contributed by atoms with van der Waals surface area (Å²) in [5.74, 6) is 7.31. The Hall–Kier alpha value is -4.42. The number of pyridine rings is 2. The van der Waals surface area contributed by atoms with Crippen LogP contribution in [0.5, 0.6) is 5.75 Å². The van der Waals surface area contributed by atoms with Crippen LogP contribution in [0.3, 0.4) is 0 Å². The second-order valence-electron chi connectivity index (χ2n) is 9.46. The van der Waals surface area contributed by atoms with Crippen molar-refractivity contribution in [3.8, 4) is 17.6 Å². The number of ether oxygens (including phenoxy) is 1. The lowest BCUT2D eigenvalue weighted by Crippen LogP contribution is -2.32. The first kappa shape index (κ1) is 26.2. The fraction of sp³-hybridized carbons (Fsp3) is 0.233. The van der Waals surface area contributed by atoms with Gasteiger partial charge in [0.1, 0.15) is 17.3 Å². The molecule has 0 aliphatic carbocycles. The number of nitrogens with one attached hydrogen (secondary N) is 2. The van der Waals surface area contributed by atoms with Gasteiger partial charge in [-0.05, 0) is 60.7 Å². The fourth-order valence-corrected chi connectivity index (χ4v) is 5.60. The summed E-state index contributed by atoms with van der Waals surface area (Å²) in [5, 5.41) is 7.90. The molecule has 9 heteroatoms. The van der Waals surface area contributed by atoms with Gasteiger partial charge in [0.25, 0.3) is 0 Å². The molecule has 0 saturated heterocycles. The molecule has 2 aromatic heterocycles. The molecule has 0 radical (unpaired) electrons. The zero-order chi connectivity index (χ0) is 27.8. The van der Waals surface area contributed by atoms with Crippen LogP contribution >= 0.6 is 0 Å². The predicted molar refractivity (Wildman–Crippen MR) is 152 cm³/mol. The number of amides is 1. The van der Waals surface area contributed by atoms with Crippen molar-refractivity contribution in [2.75, 3.05) is 24.0 Å². The average Bonchev–Trinajstić information content (AvgIpc) is 3.21. The molecule has 1 aliphatic heterocycles. The molecule has 0 saturated carbocycles. The van der Waals surface area contributed by atoms with E-state index >= 15 is 0 Å². The number of hydrogen-bond acceptors (Lipinski definition) is 7. The first-order chi connectivity index (χ1) is 18.7. The van der Waals surface area contributed by atoms with E-state index in [2.05, 4.69) is 32.4 Å². The fourth-order valence-electron chi connectivity index (χ4n) is 4.97. The third-order valence-electron chi connectivity index (χ3n) is 7.26. The summed E-state index contributed by atoms with van der Waals surface area (Å²) in [6.07, 6.45) is 6.05. The van der Waals surface area contributed by atoms with Crippen LogP contribution in [0.4, 0.5) is 17.2 Å². The SMILES string of the molecule is CCC1(CC)C(=O)Nc2cc(C#Cc3nccc4cnc(Nc5ccc(S(C)(=O)=O)cc5OC)cc34)ccc21. The Morgan fingerprint density at radius 2 is 1.82 bits per heavy atom. The summed E-state index contributed by atoms with van der Waals surface area (Å²) in [4.78, 5) is 21.8. The largest absolute Gasteiger partial charge is 0.495 e. The smallest absolute Gasteiger partial charge is 0.235 e. The van der Waals surface area contributed by atoms with Crippen molar-refractivity contribution in [1.29, 1.82) is 0 Å². The molecular weight excluding hydrogens is 512 g/mol. The number of aromatic nitrogens is 2. The lowest BCUT2D eigenvalue weighted by Gasteiger charge is -2.23. The zero-order valence-corrected chi connectivity index (χ0v) is 22.9. The molecule has 0 unspecified atom stereocenters. The highest BCUT2D eigenvalue weighted by Gasteiger charge is 2.43. The molecule has 0 spiro atoms. The molecule has 0 atom stereocenters. The van der Waals surface area contributed by atoms with Gasteiger partial charge in [0.05, 0.1) is 23.1 Å². The van der Waals surface area contributed by atoms with Crippen molar-refractivity contribution in [2.45, 2.75) is 37.0 Å². The predicted octanol–water partition coefficient (Wildman–Crippen LogP) is 5.20. The van der Waals surface area contributed by atoms with E-state index in [4.69, 9.17) is 4.74 Å². The van der Waals surface area contributed by atoms with Gasteiger partial charge in [0, 0.05) is 46.7 Å². The van der Waals surface area contributed by atoms with Crippen molar-refractivity contribution in [2.24, 2.45) is 0 Å². The number of fused-ring (bicyclic) bond motifs is 2. The van der Waals surface area contributed by atoms with Gasteiger partial charge in [-0.3, -0.25) is 4.79 Å². The third kappa shape index (κ3) is 4.79. The van der Waals surface area contributed by atoms with Crippen LogP contribution in [-0.4, -0.2) is 37.7 Å². The summed E-state index contributed by atoms with van der Waals surface area (Å²) in [6, 6.07) is 14.2. The summed E-state index contributed by atoms with van der Waals surface area (Å²) in [7, 11) is -1.89. The quantitative estimate of drug-likeness (QED) is 0.324. The van der Waals surface area contributed by atoms with E-state index < -0.39 is 15.3 Å². The number of hydrogen-bond donors (Lipinski definition) is 2. The second-order valence-corrected chi connectivity index (χ2v) is 11.5. The number of methoxy groups -OCH3 is 1. The highest BCUT2D eigenvalue weighted by Crippen LogP contribution is 2.43. The number of rotatable bonds is 6. The van der Waals surface area contributed by atoms with E-state index in [0.29, 0.717) is 22.9 Å². The van der Waals surface area contributed by atoms with Gasteiger partial charge in [0.2, 0.25) is 5.91 Å². The summed E-state index contributed by atoms with van der Waals surface area (Å²) in [6.45, 7) is 4.08. The standard InChI is InChI=1S/C30H28N4O4S/c1-5-30(6-2)23-10-7-19(15-26(23)34-29(30)35)8-11-24-22-17-28(32-18-20(22)13-14-31-24)33-25-12-9-21(39(4,36)37)16-27(25)38-3/h7,9-10,12-18H,5-6H2,1-4H3,(H,32,33)(H,34,35). The van der Waals surface area contributed by atoms with Gasteiger partial charge >= 0.3 is 0 Å². The molecule has 8 nitrogen and oxygen atoms in total. The topological polar surface area (TPSA) is 110 Å². The van der Waals surface area contributed by atoms with E-state index in [1.54, 1.807) is 18.5 Å². The molecule has 39 heavy (non-hydrogen) atoms. The number of benzene rings is 2. The third-order valence-corrected chi connectivity index (χ3v) is 8.37. The number of anilines is 3. The highest BCUT2D eigenvalue weighted by atomic mass is 32.2. The van der Waals surface area contributed by atoms with Crippen LogP contribution in [0.2, 0.25) is 0 Å². The number of carbonyl (C=O) groups excluding carboxylic acids is 1. The molecule has 2 N–H and O–H groups in total. The number of sulfone groups is 1. The minimum absolute atomic E-state index is 0.0402. The molecule has 198 valence electrons. The number of nitrogens with zero attached hydrogens (tertiary/aromatic N) is 2. The van der Waals surface area contributed by atoms with Crippen molar-refractivity contribution in [3.63, 3.8) is 0 Å². The Morgan fingerprint density at radius 1 is 1.03 bits per heavy atom. The van der Waals surface area contributed by atoms with Crippen LogP contribution in [0.1, 0.15) is 43.5 Å². The van der Waals surface area contributed by atoms with Crippen LogP contribution in [0.15, 0.2) is 65.8 Å². The Kier molecular flexibility index (Phi) is 6.74. The Morgan fingerprint density at radius 3 is 2.54 bits per heavy atom. The Labute approximate surface area is 227 Å². The molecular formula is C30H28N4O4S. The van der Waals surface area contributed by atoms with Gasteiger partial charge in [-0.15, -0.1) is 0 Å². The lowest BCUT2D eigenvalue weighted by atomic mass is 9.77. The summed E-state index contributed by atoms with van der Waals surface area (Å²) in [5.41, 5.74) is 3.28. The second kappa shape index (κ2) is 10.0. The minimum Gasteiger partial charge on any atom is -0.495 e. The maximum atomic E-state index is 12.7. The van der Waals surface area contributed by atoms with Gasteiger partial charge in [-0.25, -0.2) is 18.4 Å². The van der Waals surface area contributed by atoms with Crippen LogP contribution in [0.25, 0.3) is 10.8 Å². The normalized spacial score (nSPS) is 13.8. The first-order valence-corrected chi connectivity index (χ1v) is 14.5. The van der Waals surface area contributed by atoms with Gasteiger partial charge in [0.15, 0.2) is 9.84 Å². The van der Waals surface area contributed by atoms with E-state index in [-0.39, 0.29) is 10.8 Å². The van der Waals surface area contributed by atoms with Gasteiger partial charge in [-0.2, -0.15) is 0 Å². The lowest BCUT2D eigenvalue weighted by molar-refractivity contribution is -0.121. The maximum absolute atomic E-state index is 12.7. The molecule has 5 rings (SSSR count). The molecule has 0 fully saturated rings. The summed E-state index contributed by atoms with van der Waals surface area (Å²) < 4.78 is 29.2. The Balaban J connectivity index is 1.47.